The molecule has 144 valence electrons. The van der Waals surface area contributed by atoms with Gasteiger partial charge in [-0.3, -0.25) is 9.59 Å². The molecule has 0 aliphatic rings. The van der Waals surface area contributed by atoms with Crippen molar-refractivity contribution in [3.05, 3.63) is 48.5 Å². The van der Waals surface area contributed by atoms with Gasteiger partial charge in [-0.1, -0.05) is 0 Å². The molecule has 0 spiro atoms. The van der Waals surface area contributed by atoms with E-state index in [0.717, 1.165) is 22.9 Å². The van der Waals surface area contributed by atoms with Crippen LogP contribution in [0.1, 0.15) is 13.3 Å². The third-order valence-electron chi connectivity index (χ3n) is 3.64. The van der Waals surface area contributed by atoms with Gasteiger partial charge in [-0.2, -0.15) is 0 Å². The first-order valence-corrected chi connectivity index (χ1v) is 8.72. The Balaban J connectivity index is 1.58. The maximum Gasteiger partial charge on any atom is 0.221 e. The topological polar surface area (TPSA) is 88.7 Å². The molecule has 0 radical (unpaired) electrons. The molecule has 2 amide bonds. The average molecular weight is 371 g/mol. The number of hydrogen-bond acceptors (Lipinski definition) is 5. The SMILES string of the molecule is COc1ccc(OCCNC(=O)CCNc2ccc(NC(C)=O)cc2)cc1. The van der Waals surface area contributed by atoms with Crippen LogP contribution in [0.4, 0.5) is 11.4 Å². The molecule has 0 fully saturated rings. The standard InChI is InChI=1S/C20H25N3O4/c1-15(24)23-17-5-3-16(4-6-17)21-12-11-20(25)22-13-14-27-19-9-7-18(26-2)8-10-19/h3-10,21H,11-14H2,1-2H3,(H,22,25)(H,23,24). The van der Waals surface area contributed by atoms with E-state index in [4.69, 9.17) is 9.47 Å². The van der Waals surface area contributed by atoms with E-state index >= 15 is 0 Å². The summed E-state index contributed by atoms with van der Waals surface area (Å²) in [5, 5.41) is 8.69. The molecular formula is C20H25N3O4. The van der Waals surface area contributed by atoms with Gasteiger partial charge in [-0.15, -0.1) is 0 Å². The van der Waals surface area contributed by atoms with E-state index < -0.39 is 0 Å². The molecule has 0 bridgehead atoms. The number of anilines is 2. The van der Waals surface area contributed by atoms with E-state index in [-0.39, 0.29) is 11.8 Å². The minimum atomic E-state index is -0.108. The fraction of sp³-hybridized carbons (Fsp3) is 0.300. The Kier molecular flexibility index (Phi) is 7.96. The van der Waals surface area contributed by atoms with Gasteiger partial charge in [0.2, 0.25) is 11.8 Å². The maximum atomic E-state index is 11.8. The van der Waals surface area contributed by atoms with E-state index in [1.807, 2.05) is 36.4 Å². The van der Waals surface area contributed by atoms with Crippen molar-refractivity contribution in [3.8, 4) is 11.5 Å². The zero-order chi connectivity index (χ0) is 19.5. The van der Waals surface area contributed by atoms with Crippen molar-refractivity contribution in [2.45, 2.75) is 13.3 Å². The van der Waals surface area contributed by atoms with Gasteiger partial charge in [0.25, 0.3) is 0 Å². The highest BCUT2D eigenvalue weighted by Crippen LogP contribution is 2.16. The van der Waals surface area contributed by atoms with Crippen LogP contribution < -0.4 is 25.4 Å². The molecule has 0 unspecified atom stereocenters. The number of methoxy groups -OCH3 is 1. The van der Waals surface area contributed by atoms with Crippen molar-refractivity contribution < 1.29 is 19.1 Å². The van der Waals surface area contributed by atoms with Gasteiger partial charge < -0.3 is 25.4 Å². The molecule has 7 heteroatoms. The molecule has 27 heavy (non-hydrogen) atoms. The van der Waals surface area contributed by atoms with Crippen LogP contribution in [0.5, 0.6) is 11.5 Å². The predicted octanol–water partition coefficient (Wildman–Crippen LogP) is 2.65. The van der Waals surface area contributed by atoms with Gasteiger partial charge in [0, 0.05) is 31.3 Å². The second-order valence-corrected chi connectivity index (χ2v) is 5.81. The Morgan fingerprint density at radius 2 is 1.52 bits per heavy atom. The fourth-order valence-corrected chi connectivity index (χ4v) is 2.31. The Morgan fingerprint density at radius 1 is 0.889 bits per heavy atom. The smallest absolute Gasteiger partial charge is 0.221 e. The Labute approximate surface area is 159 Å². The third-order valence-corrected chi connectivity index (χ3v) is 3.64. The fourth-order valence-electron chi connectivity index (χ4n) is 2.31. The lowest BCUT2D eigenvalue weighted by molar-refractivity contribution is -0.121. The minimum Gasteiger partial charge on any atom is -0.497 e. The van der Waals surface area contributed by atoms with Gasteiger partial charge in [0.1, 0.15) is 18.1 Å². The van der Waals surface area contributed by atoms with E-state index in [9.17, 15) is 9.59 Å². The Bertz CT molecular complexity index is 730. The number of nitrogens with one attached hydrogen (secondary N) is 3. The number of benzene rings is 2. The summed E-state index contributed by atoms with van der Waals surface area (Å²) >= 11 is 0. The average Bonchev–Trinajstić information content (AvgIpc) is 2.67. The van der Waals surface area contributed by atoms with Crippen molar-refractivity contribution >= 4 is 23.2 Å². The number of rotatable bonds is 10. The number of carbonyl (C=O) groups excluding carboxylic acids is 2. The summed E-state index contributed by atoms with van der Waals surface area (Å²) in [5.41, 5.74) is 1.63. The predicted molar refractivity (Wildman–Crippen MR) is 105 cm³/mol. The Hall–Kier alpha value is -3.22. The van der Waals surface area contributed by atoms with Crippen LogP contribution in [0.3, 0.4) is 0 Å². The van der Waals surface area contributed by atoms with Crippen LogP contribution in [0.2, 0.25) is 0 Å². The molecule has 0 saturated carbocycles. The summed E-state index contributed by atoms with van der Waals surface area (Å²) in [6.07, 6.45) is 0.357. The second-order valence-electron chi connectivity index (χ2n) is 5.81. The molecule has 2 rings (SSSR count). The van der Waals surface area contributed by atoms with Gasteiger partial charge >= 0.3 is 0 Å². The highest BCUT2D eigenvalue weighted by atomic mass is 16.5. The van der Waals surface area contributed by atoms with E-state index in [0.29, 0.717) is 26.1 Å². The normalized spacial score (nSPS) is 10.0. The molecule has 0 aliphatic heterocycles. The van der Waals surface area contributed by atoms with Crippen molar-refractivity contribution in [2.24, 2.45) is 0 Å². The monoisotopic (exact) mass is 371 g/mol. The first-order chi connectivity index (χ1) is 13.1. The number of amides is 2. The number of carbonyl (C=O) groups is 2. The lowest BCUT2D eigenvalue weighted by Gasteiger charge is -2.10. The molecule has 0 heterocycles. The largest absolute Gasteiger partial charge is 0.497 e. The molecule has 0 aromatic heterocycles. The van der Waals surface area contributed by atoms with Crippen LogP contribution in [0.15, 0.2) is 48.5 Å². The summed E-state index contributed by atoms with van der Waals surface area (Å²) in [6, 6.07) is 14.6. The summed E-state index contributed by atoms with van der Waals surface area (Å²) < 4.78 is 10.6. The van der Waals surface area contributed by atoms with Crippen LogP contribution in [-0.4, -0.2) is 38.6 Å². The summed E-state index contributed by atoms with van der Waals surface area (Å²) in [6.45, 7) is 2.82. The third kappa shape index (κ3) is 7.68. The molecule has 7 nitrogen and oxygen atoms in total. The summed E-state index contributed by atoms with van der Waals surface area (Å²) in [7, 11) is 1.61. The molecule has 0 atom stereocenters. The van der Waals surface area contributed by atoms with Gasteiger partial charge in [-0.05, 0) is 48.5 Å². The van der Waals surface area contributed by atoms with Crippen molar-refractivity contribution in [1.82, 2.24) is 5.32 Å². The van der Waals surface area contributed by atoms with Crippen LogP contribution >= 0.6 is 0 Å². The Morgan fingerprint density at radius 3 is 2.15 bits per heavy atom. The van der Waals surface area contributed by atoms with Gasteiger partial charge in [0.15, 0.2) is 0 Å². The maximum absolute atomic E-state index is 11.8. The van der Waals surface area contributed by atoms with Crippen LogP contribution in [0.25, 0.3) is 0 Å². The van der Waals surface area contributed by atoms with Crippen molar-refractivity contribution in [1.29, 1.82) is 0 Å². The quantitative estimate of drug-likeness (QED) is 0.559. The zero-order valence-corrected chi connectivity index (χ0v) is 15.6. The van der Waals surface area contributed by atoms with Gasteiger partial charge in [-0.25, -0.2) is 0 Å². The van der Waals surface area contributed by atoms with Crippen LogP contribution in [0, 0.1) is 0 Å². The summed E-state index contributed by atoms with van der Waals surface area (Å²) in [4.78, 5) is 22.8. The summed E-state index contributed by atoms with van der Waals surface area (Å²) in [5.74, 6) is 1.35. The second kappa shape index (κ2) is 10.7. The zero-order valence-electron chi connectivity index (χ0n) is 15.6. The van der Waals surface area contributed by atoms with Gasteiger partial charge in [0.05, 0.1) is 13.7 Å². The highest BCUT2D eigenvalue weighted by molar-refractivity contribution is 5.88. The first-order valence-electron chi connectivity index (χ1n) is 8.72. The number of ether oxygens (including phenoxy) is 2. The molecule has 3 N–H and O–H groups in total. The molecule has 2 aromatic rings. The molecular weight excluding hydrogens is 346 g/mol. The molecule has 0 aliphatic carbocycles. The van der Waals surface area contributed by atoms with Crippen molar-refractivity contribution in [3.63, 3.8) is 0 Å². The highest BCUT2D eigenvalue weighted by Gasteiger charge is 2.02. The molecule has 0 saturated heterocycles. The lowest BCUT2D eigenvalue weighted by atomic mass is 10.2. The minimum absolute atomic E-state index is 0.0457. The first kappa shape index (κ1) is 20.1. The lowest BCUT2D eigenvalue weighted by Crippen LogP contribution is -2.29. The van der Waals surface area contributed by atoms with E-state index in [2.05, 4.69) is 16.0 Å². The molecule has 2 aromatic carbocycles. The number of hydrogen-bond donors (Lipinski definition) is 3. The van der Waals surface area contributed by atoms with E-state index in [1.165, 1.54) is 6.92 Å². The van der Waals surface area contributed by atoms with E-state index in [1.54, 1.807) is 19.2 Å². The van der Waals surface area contributed by atoms with Crippen molar-refractivity contribution in [2.75, 3.05) is 37.4 Å². The van der Waals surface area contributed by atoms with Crippen LogP contribution in [-0.2, 0) is 9.59 Å².